The van der Waals surface area contributed by atoms with E-state index in [4.69, 9.17) is 9.72 Å². The highest BCUT2D eigenvalue weighted by Crippen LogP contribution is 2.51. The van der Waals surface area contributed by atoms with E-state index in [9.17, 15) is 0 Å². The van der Waals surface area contributed by atoms with E-state index >= 15 is 8.78 Å². The Kier molecular flexibility index (Phi) is 11.2. The molecule has 0 radical (unpaired) electrons. The molecule has 0 spiro atoms. The van der Waals surface area contributed by atoms with Gasteiger partial charge in [0.2, 0.25) is 0 Å². The Balaban J connectivity index is 1.08. The van der Waals surface area contributed by atoms with Gasteiger partial charge >= 0.3 is 0 Å². The average Bonchev–Trinajstić information content (AvgIpc) is 3.85. The van der Waals surface area contributed by atoms with Crippen molar-refractivity contribution in [2.45, 2.75) is 97.3 Å². The van der Waals surface area contributed by atoms with E-state index < -0.39 is 11.6 Å². The van der Waals surface area contributed by atoms with Crippen molar-refractivity contribution in [1.29, 1.82) is 0 Å². The molecule has 6 aromatic carbocycles. The number of aromatic nitrogens is 2. The molecular weight excluding hydrogens is 795 g/mol. The Bertz CT molecular complexity index is 2970. The van der Waals surface area contributed by atoms with Gasteiger partial charge in [-0.2, -0.15) is 0 Å². The molecule has 3 heterocycles. The first-order valence-electron chi connectivity index (χ1n) is 23.2. The van der Waals surface area contributed by atoms with Crippen LogP contribution in [0, 0.1) is 11.6 Å². The first kappa shape index (κ1) is 41.5. The van der Waals surface area contributed by atoms with Gasteiger partial charge in [-0.3, -0.25) is 4.57 Å². The van der Waals surface area contributed by atoms with Crippen LogP contribution in [0.15, 0.2) is 134 Å². The molecule has 10 rings (SSSR count). The molecule has 1 aliphatic heterocycles. The maximum atomic E-state index is 15.3. The maximum Gasteiger partial charge on any atom is 0.137 e. The summed E-state index contributed by atoms with van der Waals surface area (Å²) in [5.74, 6) is 2.00. The summed E-state index contributed by atoms with van der Waals surface area (Å²) in [6.45, 7) is 11.4. The van der Waals surface area contributed by atoms with Gasteiger partial charge in [0, 0.05) is 40.5 Å². The van der Waals surface area contributed by atoms with Gasteiger partial charge in [-0.05, 0) is 144 Å². The molecule has 0 bridgehead atoms. The molecule has 1 fully saturated rings. The summed E-state index contributed by atoms with van der Waals surface area (Å²) in [6.07, 6.45) is 10.0. The minimum atomic E-state index is -0.553. The molecule has 2 aliphatic rings. The monoisotopic (exact) mass is 850 g/mol. The predicted molar refractivity (Wildman–Crippen MR) is 260 cm³/mol. The molecule has 0 unspecified atom stereocenters. The number of halogens is 2. The fourth-order valence-electron chi connectivity index (χ4n) is 10.3. The number of benzene rings is 6. The van der Waals surface area contributed by atoms with Crippen molar-refractivity contribution >= 4 is 44.6 Å². The molecule has 8 aromatic rings. The van der Waals surface area contributed by atoms with Gasteiger partial charge in [-0.15, -0.1) is 0 Å². The van der Waals surface area contributed by atoms with Gasteiger partial charge in [0.15, 0.2) is 0 Å². The molecule has 1 aliphatic carbocycles. The highest BCUT2D eigenvalue weighted by atomic mass is 19.1. The minimum Gasteiger partial charge on any atom is -0.457 e. The van der Waals surface area contributed by atoms with Crippen molar-refractivity contribution in [2.24, 2.45) is 0 Å². The fourth-order valence-corrected chi connectivity index (χ4v) is 10.3. The quantitative estimate of drug-likeness (QED) is 0.130. The van der Waals surface area contributed by atoms with Crippen LogP contribution >= 0.6 is 0 Å². The SMILES string of the molecule is CCCc1ccnc(-n2c3ccccc3c3ccc(Oc4cc(C5CCCCC5)cc(N5CN(c6c(C(C)C)cc(-c7c(F)cccc7F)cc6C(C)C)c6ccccc65)c4)cc32)c1. The molecule has 0 atom stereocenters. The Labute approximate surface area is 376 Å². The number of fused-ring (bicyclic) bond motifs is 4. The molecule has 64 heavy (non-hydrogen) atoms. The summed E-state index contributed by atoms with van der Waals surface area (Å²) in [5, 5.41) is 2.34. The van der Waals surface area contributed by atoms with E-state index in [2.05, 4.69) is 146 Å². The lowest BCUT2D eigenvalue weighted by molar-refractivity contribution is 0.439. The van der Waals surface area contributed by atoms with Crippen molar-refractivity contribution in [3.05, 3.63) is 167 Å². The number of para-hydroxylation sites is 3. The van der Waals surface area contributed by atoms with Crippen LogP contribution in [0.25, 0.3) is 38.8 Å². The van der Waals surface area contributed by atoms with Crippen LogP contribution < -0.4 is 14.5 Å². The smallest absolute Gasteiger partial charge is 0.137 e. The summed E-state index contributed by atoms with van der Waals surface area (Å²) in [5.41, 5.74) is 11.8. The van der Waals surface area contributed by atoms with E-state index in [1.54, 1.807) is 0 Å². The first-order chi connectivity index (χ1) is 31.2. The van der Waals surface area contributed by atoms with Crippen LogP contribution in [0.1, 0.15) is 113 Å². The van der Waals surface area contributed by atoms with E-state index in [0.717, 1.165) is 93.3 Å². The number of ether oxygens (including phenoxy) is 1. The predicted octanol–water partition coefficient (Wildman–Crippen LogP) is 16.4. The van der Waals surface area contributed by atoms with E-state index in [1.165, 1.54) is 54.0 Å². The van der Waals surface area contributed by atoms with Crippen molar-refractivity contribution < 1.29 is 13.5 Å². The number of rotatable bonds is 11. The molecule has 0 saturated heterocycles. The van der Waals surface area contributed by atoms with Crippen LogP contribution in [-0.4, -0.2) is 16.2 Å². The Hall–Kier alpha value is -6.47. The largest absolute Gasteiger partial charge is 0.457 e. The Morgan fingerprint density at radius 3 is 2.06 bits per heavy atom. The van der Waals surface area contributed by atoms with Gasteiger partial charge in [0.1, 0.15) is 35.6 Å². The minimum absolute atomic E-state index is 0.0202. The third-order valence-electron chi connectivity index (χ3n) is 13.4. The second kappa shape index (κ2) is 17.2. The summed E-state index contributed by atoms with van der Waals surface area (Å²) in [7, 11) is 0. The van der Waals surface area contributed by atoms with Crippen molar-refractivity contribution in [2.75, 3.05) is 16.5 Å². The molecule has 0 N–H and O–H groups in total. The molecule has 2 aromatic heterocycles. The van der Waals surface area contributed by atoms with Crippen LogP contribution in [0.3, 0.4) is 0 Å². The summed E-state index contributed by atoms with van der Waals surface area (Å²) < 4.78 is 40.0. The normalized spacial score (nSPS) is 14.4. The van der Waals surface area contributed by atoms with E-state index in [1.807, 2.05) is 18.3 Å². The third-order valence-corrected chi connectivity index (χ3v) is 13.4. The number of pyridine rings is 1. The topological polar surface area (TPSA) is 33.5 Å². The number of hydrogen-bond donors (Lipinski definition) is 0. The third kappa shape index (κ3) is 7.59. The summed E-state index contributed by atoms with van der Waals surface area (Å²) in [4.78, 5) is 9.70. The standard InChI is InChI=1S/C57H56F2N4O/c1-6-15-38-26-27-60-55(28-38)63-51-21-11-10-18-45(51)46-25-24-43(34-54(46)63)64-44-30-40(39-16-8-7-9-17-39)29-42(33-44)61-35-62(53-23-13-12-22-52(53)61)57-47(36(2)3)31-41(32-48(57)37(4)5)56-49(58)19-14-20-50(56)59/h10-14,18-34,36-37,39H,6-9,15-17,35H2,1-5H3. The van der Waals surface area contributed by atoms with Gasteiger partial charge in [0.05, 0.1) is 28.0 Å². The average molecular weight is 851 g/mol. The number of aryl methyl sites for hydroxylation is 1. The molecule has 5 nitrogen and oxygen atoms in total. The zero-order chi connectivity index (χ0) is 44.1. The fraction of sp³-hybridized carbons (Fsp3) is 0.281. The Morgan fingerprint density at radius 1 is 0.656 bits per heavy atom. The molecule has 7 heteroatoms. The first-order valence-corrected chi connectivity index (χ1v) is 23.2. The lowest BCUT2D eigenvalue weighted by Crippen LogP contribution is -2.26. The van der Waals surface area contributed by atoms with E-state index in [-0.39, 0.29) is 17.4 Å². The highest BCUT2D eigenvalue weighted by molar-refractivity contribution is 6.09. The van der Waals surface area contributed by atoms with Crippen LogP contribution in [0.4, 0.5) is 31.5 Å². The van der Waals surface area contributed by atoms with Gasteiger partial charge < -0.3 is 14.5 Å². The zero-order valence-electron chi connectivity index (χ0n) is 37.5. The van der Waals surface area contributed by atoms with Gasteiger partial charge in [-0.25, -0.2) is 13.8 Å². The molecule has 324 valence electrons. The summed E-state index contributed by atoms with van der Waals surface area (Å²) >= 11 is 0. The molecule has 0 amide bonds. The second-order valence-electron chi connectivity index (χ2n) is 18.4. The molecule has 1 saturated carbocycles. The van der Waals surface area contributed by atoms with Crippen LogP contribution in [0.5, 0.6) is 11.5 Å². The van der Waals surface area contributed by atoms with Gasteiger partial charge in [0.25, 0.3) is 0 Å². The van der Waals surface area contributed by atoms with Crippen molar-refractivity contribution in [1.82, 2.24) is 9.55 Å². The highest BCUT2D eigenvalue weighted by Gasteiger charge is 2.33. The second-order valence-corrected chi connectivity index (χ2v) is 18.4. The van der Waals surface area contributed by atoms with Crippen LogP contribution in [-0.2, 0) is 6.42 Å². The zero-order valence-corrected chi connectivity index (χ0v) is 37.5. The van der Waals surface area contributed by atoms with Gasteiger partial charge in [-0.1, -0.05) is 96.7 Å². The number of nitrogens with zero attached hydrogens (tertiary/aromatic N) is 4. The Morgan fingerprint density at radius 2 is 1.34 bits per heavy atom. The van der Waals surface area contributed by atoms with Crippen LogP contribution in [0.2, 0.25) is 0 Å². The molecular formula is C57H56F2N4O. The lowest BCUT2D eigenvalue weighted by atomic mass is 9.84. The lowest BCUT2D eigenvalue weighted by Gasteiger charge is -2.30. The van der Waals surface area contributed by atoms with Crippen molar-refractivity contribution in [3.63, 3.8) is 0 Å². The number of hydrogen-bond acceptors (Lipinski definition) is 4. The van der Waals surface area contributed by atoms with Crippen molar-refractivity contribution in [3.8, 4) is 28.4 Å². The van der Waals surface area contributed by atoms with E-state index in [0.29, 0.717) is 18.2 Å². The maximum absolute atomic E-state index is 15.3. The summed E-state index contributed by atoms with van der Waals surface area (Å²) in [6, 6.07) is 42.9. The number of anilines is 4.